The quantitative estimate of drug-likeness (QED) is 0.428. The Hall–Kier alpha value is 2.54. The predicted octanol–water partition coefficient (Wildman–Crippen LogP) is 4.62. The van der Waals surface area contributed by atoms with Crippen molar-refractivity contribution in [3.05, 3.63) is 0 Å². The van der Waals surface area contributed by atoms with Crippen molar-refractivity contribution >= 4 is 81.3 Å². The first-order chi connectivity index (χ1) is 9.95. The Morgan fingerprint density at radius 1 is 0.810 bits per heavy atom. The molecule has 0 atom stereocenters. The Balaban J connectivity index is 1.85. The minimum absolute atomic E-state index is 0.246. The summed E-state index contributed by atoms with van der Waals surface area (Å²) in [5, 5.41) is 1.78. The summed E-state index contributed by atoms with van der Waals surface area (Å²) in [5.74, 6) is 0. The Labute approximate surface area is 153 Å². The van der Waals surface area contributed by atoms with Crippen molar-refractivity contribution in [3.8, 4) is 0 Å². The van der Waals surface area contributed by atoms with Crippen LogP contribution in [0.1, 0.15) is 0 Å². The summed E-state index contributed by atoms with van der Waals surface area (Å²) >= 11 is 17.6. The lowest BCUT2D eigenvalue weighted by atomic mass is 9.93. The fourth-order valence-electron chi connectivity index (χ4n) is 1.57. The van der Waals surface area contributed by atoms with Crippen molar-refractivity contribution in [1.29, 1.82) is 0 Å². The minimum atomic E-state index is -2.18. The molecule has 0 amide bonds. The van der Waals surface area contributed by atoms with Crippen LogP contribution in [0.4, 0.5) is 0 Å². The van der Waals surface area contributed by atoms with E-state index in [4.69, 9.17) is 41.7 Å². The molecule has 0 bridgehead atoms. The molecule has 0 N–H and O–H groups in total. The van der Waals surface area contributed by atoms with Crippen LogP contribution in [0.2, 0.25) is 0 Å². The summed E-state index contributed by atoms with van der Waals surface area (Å²) in [6.07, 6.45) is 4.09. The Bertz CT molecular complexity index is 382. The van der Waals surface area contributed by atoms with Gasteiger partial charge in [0.15, 0.2) is 0 Å². The van der Waals surface area contributed by atoms with E-state index in [0.29, 0.717) is 26.4 Å². The van der Waals surface area contributed by atoms with E-state index in [-0.39, 0.29) is 5.41 Å². The van der Waals surface area contributed by atoms with E-state index in [1.165, 1.54) is 0 Å². The van der Waals surface area contributed by atoms with Crippen molar-refractivity contribution in [1.82, 2.24) is 0 Å². The number of thioether (sulfide) groups is 2. The third-order valence-electron chi connectivity index (χ3n) is 2.77. The van der Waals surface area contributed by atoms with Gasteiger partial charge in [0.05, 0.1) is 31.8 Å². The summed E-state index contributed by atoms with van der Waals surface area (Å²) in [6.45, 7) is 2.14. The van der Waals surface area contributed by atoms with E-state index >= 15 is 0 Å². The van der Waals surface area contributed by atoms with E-state index in [1.807, 2.05) is 12.5 Å². The first-order valence-electron chi connectivity index (χ1n) is 6.00. The topological polar surface area (TPSA) is 36.9 Å². The maximum atomic E-state index is 5.87. The lowest BCUT2D eigenvalue weighted by Crippen LogP contribution is -2.45. The van der Waals surface area contributed by atoms with Gasteiger partial charge in [-0.1, -0.05) is 22.8 Å². The second-order valence-corrected chi connectivity index (χ2v) is 19.6. The molecule has 2 heterocycles. The molecule has 124 valence electrons. The molecule has 21 heavy (non-hydrogen) atoms. The van der Waals surface area contributed by atoms with Crippen LogP contribution in [0.5, 0.6) is 0 Å². The van der Waals surface area contributed by atoms with Crippen LogP contribution in [-0.4, -0.2) is 49.1 Å². The van der Waals surface area contributed by atoms with Gasteiger partial charge in [0.25, 0.3) is 0 Å². The van der Waals surface area contributed by atoms with Crippen LogP contribution < -0.4 is 0 Å². The highest BCUT2D eigenvalue weighted by Gasteiger charge is 2.46. The van der Waals surface area contributed by atoms with E-state index in [2.05, 4.69) is 0 Å². The Kier molecular flexibility index (Phi) is 8.29. The van der Waals surface area contributed by atoms with Crippen molar-refractivity contribution < 1.29 is 18.1 Å². The van der Waals surface area contributed by atoms with Crippen LogP contribution in [-0.2, 0) is 41.7 Å². The van der Waals surface area contributed by atoms with E-state index in [1.54, 1.807) is 46.3 Å². The molecule has 0 aromatic carbocycles. The molecule has 2 rings (SSSR count). The maximum Gasteiger partial charge on any atom is 0.248 e. The lowest BCUT2D eigenvalue weighted by molar-refractivity contribution is -0.0485. The second kappa shape index (κ2) is 8.77. The van der Waals surface area contributed by atoms with Gasteiger partial charge in [0, 0.05) is 10.2 Å². The number of hydrogen-bond donors (Lipinski definition) is 0. The van der Waals surface area contributed by atoms with Gasteiger partial charge in [0.2, 0.25) is 11.4 Å². The van der Waals surface area contributed by atoms with Gasteiger partial charge < -0.3 is 18.1 Å². The fourth-order valence-corrected chi connectivity index (χ4v) is 14.3. The molecule has 12 heteroatoms. The molecule has 1 spiro atoms. The van der Waals surface area contributed by atoms with Crippen LogP contribution in [0.3, 0.4) is 0 Å². The van der Waals surface area contributed by atoms with Crippen molar-refractivity contribution in [3.63, 3.8) is 0 Å². The van der Waals surface area contributed by atoms with Crippen LogP contribution >= 0.6 is 57.7 Å². The van der Waals surface area contributed by atoms with Crippen LogP contribution in [0.15, 0.2) is 0 Å². The smallest absolute Gasteiger partial charge is 0.248 e. The van der Waals surface area contributed by atoms with Gasteiger partial charge in [-0.15, -0.1) is 0 Å². The first kappa shape index (κ1) is 19.9. The Morgan fingerprint density at radius 2 is 1.14 bits per heavy atom. The zero-order chi connectivity index (χ0) is 15.4. The summed E-state index contributed by atoms with van der Waals surface area (Å²) in [7, 11) is 0. The largest absolute Gasteiger partial charge is 0.321 e. The molecule has 2 fully saturated rings. The van der Waals surface area contributed by atoms with Gasteiger partial charge in [-0.3, -0.25) is 0 Å². The van der Waals surface area contributed by atoms with Gasteiger partial charge >= 0.3 is 0 Å². The van der Waals surface area contributed by atoms with Crippen LogP contribution in [0.25, 0.3) is 0 Å². The fraction of sp³-hybridized carbons (Fsp3) is 1.00. The third kappa shape index (κ3) is 5.79. The average Bonchev–Trinajstić information content (AvgIpc) is 2.50. The molecule has 2 aliphatic heterocycles. The molecule has 2 aliphatic rings. The zero-order valence-electron chi connectivity index (χ0n) is 11.7. The van der Waals surface area contributed by atoms with Gasteiger partial charge in [-0.25, -0.2) is 0 Å². The zero-order valence-corrected chi connectivity index (χ0v) is 18.4. The molecular formula is C9H18O4P2S6. The van der Waals surface area contributed by atoms with Gasteiger partial charge in [-0.05, 0) is 36.1 Å². The van der Waals surface area contributed by atoms with E-state index in [0.717, 1.165) is 10.2 Å². The van der Waals surface area contributed by atoms with Crippen molar-refractivity contribution in [2.24, 2.45) is 5.41 Å². The summed E-state index contributed by atoms with van der Waals surface area (Å²) in [4.78, 5) is 0. The van der Waals surface area contributed by atoms with Crippen LogP contribution in [0, 0.1) is 5.41 Å². The number of rotatable bonds is 6. The molecular weight excluding hydrogens is 426 g/mol. The molecule has 4 nitrogen and oxygen atoms in total. The normalized spacial score (nSPS) is 40.5. The lowest BCUT2D eigenvalue weighted by Gasteiger charge is -2.44. The van der Waals surface area contributed by atoms with Gasteiger partial charge in [0.1, 0.15) is 0 Å². The van der Waals surface area contributed by atoms with E-state index < -0.39 is 11.4 Å². The van der Waals surface area contributed by atoms with Crippen molar-refractivity contribution in [2.45, 2.75) is 0 Å². The molecule has 0 aromatic rings. The maximum absolute atomic E-state index is 5.87. The standard InChI is InChI=1S/C9H18O4P2S6/c1-18-7-20-14(16)10-3-9(4-11-14)5-12-15(17,13-6-9)21-8-19-2/h3-8H2,1-2H3. The Morgan fingerprint density at radius 3 is 1.43 bits per heavy atom. The summed E-state index contributed by atoms with van der Waals surface area (Å²) in [5.41, 5.74) is -4.61. The molecule has 0 aliphatic carbocycles. The predicted molar refractivity (Wildman–Crippen MR) is 107 cm³/mol. The summed E-state index contributed by atoms with van der Waals surface area (Å²) < 4.78 is 23.5. The monoisotopic (exact) mass is 444 g/mol. The van der Waals surface area contributed by atoms with Crippen molar-refractivity contribution in [2.75, 3.05) is 49.1 Å². The highest BCUT2D eigenvalue weighted by atomic mass is 32.9. The third-order valence-corrected chi connectivity index (χ3v) is 16.1. The number of hydrogen-bond acceptors (Lipinski definition) is 10. The average molecular weight is 445 g/mol. The SMILES string of the molecule is CSCSP1(=S)OCC2(CO1)COP(=S)(SCSC)OC2. The summed E-state index contributed by atoms with van der Waals surface area (Å²) in [6, 6.07) is 0. The minimum Gasteiger partial charge on any atom is -0.321 e. The molecule has 0 aromatic heterocycles. The second-order valence-electron chi connectivity index (χ2n) is 4.56. The molecule has 0 radical (unpaired) electrons. The van der Waals surface area contributed by atoms with E-state index in [9.17, 15) is 0 Å². The van der Waals surface area contributed by atoms with Gasteiger partial charge in [-0.2, -0.15) is 23.5 Å². The highest BCUT2D eigenvalue weighted by molar-refractivity contribution is 8.70. The first-order valence-corrected chi connectivity index (χ1v) is 17.2. The molecule has 2 saturated heterocycles. The highest BCUT2D eigenvalue weighted by Crippen LogP contribution is 2.68. The molecule has 0 saturated carbocycles. The molecule has 0 unspecified atom stereocenters.